The van der Waals surface area contributed by atoms with Crippen LogP contribution in [0.4, 0.5) is 4.79 Å². The molecule has 2 saturated heterocycles. The fourth-order valence-electron chi connectivity index (χ4n) is 6.90. The van der Waals surface area contributed by atoms with Crippen molar-refractivity contribution in [2.45, 2.75) is 70.0 Å². The van der Waals surface area contributed by atoms with Gasteiger partial charge in [-0.05, 0) is 44.7 Å². The molecule has 3 aliphatic heterocycles. The summed E-state index contributed by atoms with van der Waals surface area (Å²) in [5, 5.41) is 5.50. The summed E-state index contributed by atoms with van der Waals surface area (Å²) in [7, 11) is 5.22. The Balaban J connectivity index is 1.40. The van der Waals surface area contributed by atoms with Gasteiger partial charge >= 0.3 is 6.03 Å². The summed E-state index contributed by atoms with van der Waals surface area (Å²) in [6, 6.07) is 3.93. The molecule has 4 heterocycles. The Morgan fingerprint density at radius 2 is 1.90 bits per heavy atom. The van der Waals surface area contributed by atoms with Crippen molar-refractivity contribution in [3.05, 3.63) is 57.8 Å². The summed E-state index contributed by atoms with van der Waals surface area (Å²) in [5.41, 5.74) is 4.82. The van der Waals surface area contributed by atoms with E-state index in [1.165, 1.54) is 11.8 Å². The Hall–Kier alpha value is -3.40. The average Bonchev–Trinajstić information content (AvgIpc) is 3.27. The number of likely N-dealkylation sites (N-methyl/N-ethyl adjacent to an activating group) is 1. The minimum Gasteiger partial charge on any atom is -0.497 e. The Kier molecular flexibility index (Phi) is 7.89. The highest BCUT2D eigenvalue weighted by Crippen LogP contribution is 2.49. The van der Waals surface area contributed by atoms with Crippen LogP contribution < -0.4 is 9.47 Å². The number of carbonyl (C=O) groups excluding carboxylic acids is 2. The van der Waals surface area contributed by atoms with Crippen LogP contribution in [0.5, 0.6) is 11.5 Å². The zero-order valence-corrected chi connectivity index (χ0v) is 26.1. The largest absolute Gasteiger partial charge is 0.497 e. The molecular weight excluding hydrogens is 538 g/mol. The monoisotopic (exact) mass is 579 g/mol. The summed E-state index contributed by atoms with van der Waals surface area (Å²) in [6.07, 6.45) is 4.43. The van der Waals surface area contributed by atoms with E-state index < -0.39 is 5.54 Å². The maximum absolute atomic E-state index is 13.9. The quantitative estimate of drug-likeness (QED) is 0.330. The molecule has 0 bridgehead atoms. The first-order valence-electron chi connectivity index (χ1n) is 14.3. The molecule has 5 rings (SSSR count). The van der Waals surface area contributed by atoms with Crippen LogP contribution in [0.25, 0.3) is 0 Å². The average molecular weight is 580 g/mol. The van der Waals surface area contributed by atoms with E-state index in [-0.39, 0.29) is 17.9 Å². The molecule has 0 aliphatic carbocycles. The second-order valence-corrected chi connectivity index (χ2v) is 12.1. The second-order valence-electron chi connectivity index (χ2n) is 11.1. The topological polar surface area (TPSA) is 80.1 Å². The molecular formula is C31H41N5O4S. The number of aryl methyl sites for hydroxylation is 2. The molecule has 41 heavy (non-hydrogen) atoms. The normalized spacial score (nSPS) is 19.6. The molecule has 9 nitrogen and oxygen atoms in total. The Bertz CT molecular complexity index is 1420. The number of allylic oxidation sites excluding steroid dienone is 1. The number of hydrogen-bond donors (Lipinski definition) is 0. The molecule has 1 unspecified atom stereocenters. The fourth-order valence-corrected chi connectivity index (χ4v) is 7.93. The van der Waals surface area contributed by atoms with Crippen LogP contribution >= 0.6 is 11.8 Å². The SMILES string of the molecule is C=C(Sc1c(CC)c(C)nn1C)C(=O)N1CCC2(CC1)C1=CC(C)c3c(cc(OC)cc3OC)CN1C(=O)N2CC. The molecule has 10 heteroatoms. The molecule has 1 aromatic carbocycles. The molecule has 2 fully saturated rings. The summed E-state index contributed by atoms with van der Waals surface area (Å²) in [6.45, 7) is 14.6. The van der Waals surface area contributed by atoms with Crippen molar-refractivity contribution < 1.29 is 19.1 Å². The smallest absolute Gasteiger partial charge is 0.325 e. The molecule has 2 aromatic rings. The molecule has 0 N–H and O–H groups in total. The summed E-state index contributed by atoms with van der Waals surface area (Å²) < 4.78 is 13.1. The fraction of sp³-hybridized carbons (Fsp3) is 0.516. The third-order valence-electron chi connectivity index (χ3n) is 8.89. The van der Waals surface area contributed by atoms with Gasteiger partial charge in [0.25, 0.3) is 5.91 Å². The number of thioether (sulfide) groups is 1. The number of hydrogen-bond acceptors (Lipinski definition) is 6. The van der Waals surface area contributed by atoms with Gasteiger partial charge in [-0.1, -0.05) is 38.3 Å². The molecule has 1 atom stereocenters. The van der Waals surface area contributed by atoms with Gasteiger partial charge in [-0.15, -0.1) is 0 Å². The van der Waals surface area contributed by atoms with E-state index in [1.807, 2.05) is 52.4 Å². The second kappa shape index (κ2) is 11.1. The first kappa shape index (κ1) is 29.1. The maximum Gasteiger partial charge on any atom is 0.325 e. The number of rotatable bonds is 7. The minimum absolute atomic E-state index is 0.0130. The van der Waals surface area contributed by atoms with Gasteiger partial charge in [0.05, 0.1) is 36.9 Å². The predicted molar refractivity (Wildman–Crippen MR) is 160 cm³/mol. The molecule has 0 radical (unpaired) electrons. The summed E-state index contributed by atoms with van der Waals surface area (Å²) >= 11 is 1.40. The predicted octanol–water partition coefficient (Wildman–Crippen LogP) is 5.23. The van der Waals surface area contributed by atoms with Gasteiger partial charge in [0.1, 0.15) is 16.5 Å². The van der Waals surface area contributed by atoms with E-state index in [1.54, 1.807) is 14.2 Å². The van der Waals surface area contributed by atoms with Crippen LogP contribution in [0.1, 0.15) is 61.9 Å². The zero-order valence-electron chi connectivity index (χ0n) is 25.2. The van der Waals surface area contributed by atoms with Crippen molar-refractivity contribution in [2.24, 2.45) is 7.05 Å². The maximum atomic E-state index is 13.9. The third kappa shape index (κ3) is 4.70. The van der Waals surface area contributed by atoms with Gasteiger partial charge < -0.3 is 19.3 Å². The third-order valence-corrected chi connectivity index (χ3v) is 10.0. The molecule has 3 amide bonds. The number of nitrogens with zero attached hydrogens (tertiary/aromatic N) is 5. The Morgan fingerprint density at radius 1 is 1.20 bits per heavy atom. The van der Waals surface area contributed by atoms with Gasteiger partial charge in [-0.25, -0.2) is 4.79 Å². The molecule has 0 saturated carbocycles. The van der Waals surface area contributed by atoms with E-state index in [9.17, 15) is 9.59 Å². The first-order valence-corrected chi connectivity index (χ1v) is 15.2. The number of amides is 3. The number of fused-ring (bicyclic) bond motifs is 3. The van der Waals surface area contributed by atoms with Gasteiger partial charge in [-0.3, -0.25) is 14.4 Å². The molecule has 1 aromatic heterocycles. The van der Waals surface area contributed by atoms with Crippen molar-refractivity contribution in [2.75, 3.05) is 33.9 Å². The highest BCUT2D eigenvalue weighted by Gasteiger charge is 2.55. The zero-order chi connectivity index (χ0) is 29.6. The van der Waals surface area contributed by atoms with Crippen molar-refractivity contribution in [1.29, 1.82) is 0 Å². The Labute approximate surface area is 247 Å². The van der Waals surface area contributed by atoms with E-state index in [2.05, 4.69) is 31.6 Å². The minimum atomic E-state index is -0.459. The highest BCUT2D eigenvalue weighted by molar-refractivity contribution is 8.04. The van der Waals surface area contributed by atoms with Crippen molar-refractivity contribution >= 4 is 23.7 Å². The standard InChI is InChI=1S/C31H41N5O4S/c1-9-24-20(4)32-33(6)29(24)41-21(5)28(37)34-13-11-31(12-14-34)26-15-19(3)27-22(16-23(39-7)17-25(27)40-8)18-35(26)30(38)36(31)10-2/h15-17,19H,5,9-14,18H2,1-4,6-8H3. The van der Waals surface area contributed by atoms with Crippen LogP contribution in [0.3, 0.4) is 0 Å². The van der Waals surface area contributed by atoms with Crippen LogP contribution in [-0.2, 0) is 24.8 Å². The lowest BCUT2D eigenvalue weighted by atomic mass is 9.82. The van der Waals surface area contributed by atoms with Gasteiger partial charge in [0.2, 0.25) is 0 Å². The van der Waals surface area contributed by atoms with Crippen molar-refractivity contribution in [3.8, 4) is 11.5 Å². The van der Waals surface area contributed by atoms with E-state index in [0.29, 0.717) is 49.7 Å². The molecule has 1 spiro atoms. The van der Waals surface area contributed by atoms with Crippen LogP contribution in [0.15, 0.2) is 40.4 Å². The lowest BCUT2D eigenvalue weighted by molar-refractivity contribution is -0.128. The van der Waals surface area contributed by atoms with E-state index in [4.69, 9.17) is 9.47 Å². The van der Waals surface area contributed by atoms with Crippen LogP contribution in [-0.4, -0.2) is 75.8 Å². The summed E-state index contributed by atoms with van der Waals surface area (Å²) in [5.74, 6) is 1.47. The van der Waals surface area contributed by atoms with E-state index in [0.717, 1.165) is 45.3 Å². The van der Waals surface area contributed by atoms with Gasteiger partial charge in [-0.2, -0.15) is 5.10 Å². The lowest BCUT2D eigenvalue weighted by Gasteiger charge is -2.44. The van der Waals surface area contributed by atoms with Crippen molar-refractivity contribution in [1.82, 2.24) is 24.5 Å². The molecule has 3 aliphatic rings. The van der Waals surface area contributed by atoms with Crippen LogP contribution in [0, 0.1) is 6.92 Å². The van der Waals surface area contributed by atoms with Gasteiger partial charge in [0.15, 0.2) is 0 Å². The van der Waals surface area contributed by atoms with Crippen molar-refractivity contribution in [3.63, 3.8) is 0 Å². The van der Waals surface area contributed by atoms with E-state index >= 15 is 0 Å². The molecule has 220 valence electrons. The number of piperidine rings is 1. The number of benzene rings is 1. The first-order chi connectivity index (χ1) is 19.6. The highest BCUT2D eigenvalue weighted by atomic mass is 32.2. The van der Waals surface area contributed by atoms with Gasteiger partial charge in [0, 0.05) is 55.5 Å². The number of urea groups is 1. The lowest BCUT2D eigenvalue weighted by Crippen LogP contribution is -2.54. The Morgan fingerprint density at radius 3 is 2.51 bits per heavy atom. The number of carbonyl (C=O) groups is 2. The summed E-state index contributed by atoms with van der Waals surface area (Å²) in [4.78, 5) is 33.8. The number of methoxy groups -OCH3 is 2. The number of aromatic nitrogens is 2. The number of likely N-dealkylation sites (tertiary alicyclic amines) is 1. The van der Waals surface area contributed by atoms with Crippen LogP contribution in [0.2, 0.25) is 0 Å². The number of ether oxygens (including phenoxy) is 2.